The van der Waals surface area contributed by atoms with Crippen molar-refractivity contribution in [3.05, 3.63) is 125 Å². The van der Waals surface area contributed by atoms with E-state index in [2.05, 4.69) is 82.8 Å². The number of benzene rings is 5. The Hall–Kier alpha value is -4.79. The van der Waals surface area contributed by atoms with Crippen molar-refractivity contribution in [1.29, 1.82) is 0 Å². The van der Waals surface area contributed by atoms with Crippen LogP contribution in [0, 0.1) is 0 Å². The lowest BCUT2D eigenvalue weighted by atomic mass is 9.77. The molecule has 1 fully saturated rings. The van der Waals surface area contributed by atoms with Crippen LogP contribution in [0.15, 0.2) is 97.1 Å². The van der Waals surface area contributed by atoms with Crippen LogP contribution in [-0.2, 0) is 26.3 Å². The van der Waals surface area contributed by atoms with Crippen molar-refractivity contribution in [1.82, 2.24) is 0 Å². The average molecular weight is 710 g/mol. The lowest BCUT2D eigenvalue weighted by Crippen LogP contribution is -2.41. The summed E-state index contributed by atoms with van der Waals surface area (Å²) in [5.74, 6) is 1.81. The van der Waals surface area contributed by atoms with Crippen LogP contribution in [0.4, 0.5) is 5.69 Å². The van der Waals surface area contributed by atoms with Crippen LogP contribution in [0.3, 0.4) is 0 Å². The molecule has 1 unspecified atom stereocenters. The zero-order chi connectivity index (χ0) is 37.0. The minimum Gasteiger partial charge on any atom is -0.489 e. The summed E-state index contributed by atoms with van der Waals surface area (Å²) >= 11 is 0. The highest BCUT2D eigenvalue weighted by molar-refractivity contribution is 6.62. The molecule has 3 aliphatic heterocycles. The van der Waals surface area contributed by atoms with Crippen molar-refractivity contribution in [3.8, 4) is 17.2 Å². The van der Waals surface area contributed by atoms with Gasteiger partial charge in [-0.15, -0.1) is 0 Å². The minimum absolute atomic E-state index is 0.330. The molecule has 0 aliphatic carbocycles. The second kappa shape index (κ2) is 13.6. The molecule has 0 radical (unpaired) electrons. The third-order valence-electron chi connectivity index (χ3n) is 11.5. The van der Waals surface area contributed by atoms with Gasteiger partial charge < -0.3 is 28.4 Å². The van der Waals surface area contributed by atoms with Crippen molar-refractivity contribution in [2.45, 2.75) is 90.6 Å². The molecule has 5 aromatic rings. The molecule has 8 rings (SSSR count). The normalized spacial score (nSPS) is 19.1. The lowest BCUT2D eigenvalue weighted by Gasteiger charge is -2.37. The number of esters is 1. The largest absolute Gasteiger partial charge is 0.494 e. The molecule has 0 saturated carbocycles. The minimum atomic E-state index is -1.12. The van der Waals surface area contributed by atoms with Crippen LogP contribution in [0.1, 0.15) is 99.8 Å². The van der Waals surface area contributed by atoms with E-state index >= 15 is 0 Å². The Morgan fingerprint density at radius 2 is 1.43 bits per heavy atom. The van der Waals surface area contributed by atoms with E-state index in [0.717, 1.165) is 88.7 Å². The molecule has 7 nitrogen and oxygen atoms in total. The number of ether oxygens (including phenoxy) is 3. The van der Waals surface area contributed by atoms with Gasteiger partial charge in [-0.2, -0.15) is 0 Å². The predicted octanol–water partition coefficient (Wildman–Crippen LogP) is 9.69. The summed E-state index contributed by atoms with van der Waals surface area (Å²) in [4.78, 5) is 16.0. The third-order valence-corrected chi connectivity index (χ3v) is 11.5. The van der Waals surface area contributed by atoms with Gasteiger partial charge in [-0.1, -0.05) is 75.2 Å². The summed E-state index contributed by atoms with van der Waals surface area (Å²) in [5, 5.41) is 1.89. The monoisotopic (exact) mass is 709 g/mol. The Kier molecular flexibility index (Phi) is 9.02. The molecule has 0 bridgehead atoms. The van der Waals surface area contributed by atoms with Crippen LogP contribution in [0.5, 0.6) is 17.2 Å². The first-order valence-electron chi connectivity index (χ1n) is 19.1. The summed E-state index contributed by atoms with van der Waals surface area (Å²) in [5.41, 5.74) is 4.31. The number of anilines is 1. The second-order valence-electron chi connectivity index (χ2n) is 15.5. The SMILES string of the molecule is CCCCN(CCCC)c1ccc2c(c1)Oc1c(ccc3cc(OCc4ccc(B5OC(C)(C)C(C)(C)O5)cc4)ccc13)C21OC(=O)c2ccccc21. The number of fused-ring (bicyclic) bond motifs is 8. The van der Waals surface area contributed by atoms with Crippen molar-refractivity contribution in [2.24, 2.45) is 0 Å². The molecular weight excluding hydrogens is 661 g/mol. The van der Waals surface area contributed by atoms with E-state index in [1.165, 1.54) is 0 Å². The van der Waals surface area contributed by atoms with Crippen molar-refractivity contribution in [2.75, 3.05) is 18.0 Å². The molecule has 5 aromatic carbocycles. The van der Waals surface area contributed by atoms with Crippen LogP contribution in [-0.4, -0.2) is 37.4 Å². The van der Waals surface area contributed by atoms with Gasteiger partial charge in [-0.05, 0) is 99.4 Å². The zero-order valence-electron chi connectivity index (χ0n) is 31.7. The van der Waals surface area contributed by atoms with Gasteiger partial charge in [-0.25, -0.2) is 4.79 Å². The summed E-state index contributed by atoms with van der Waals surface area (Å²) in [7, 11) is -0.399. The molecule has 1 spiro atoms. The van der Waals surface area contributed by atoms with Crippen LogP contribution in [0.2, 0.25) is 0 Å². The van der Waals surface area contributed by atoms with E-state index < -0.39 is 12.7 Å². The fourth-order valence-corrected chi connectivity index (χ4v) is 7.70. The molecule has 1 saturated heterocycles. The van der Waals surface area contributed by atoms with E-state index in [1.807, 2.05) is 60.7 Å². The van der Waals surface area contributed by atoms with Gasteiger partial charge in [0.25, 0.3) is 0 Å². The van der Waals surface area contributed by atoms with Crippen LogP contribution < -0.4 is 19.8 Å². The predicted molar refractivity (Wildman–Crippen MR) is 211 cm³/mol. The van der Waals surface area contributed by atoms with Crippen LogP contribution in [0.25, 0.3) is 10.8 Å². The van der Waals surface area contributed by atoms with Crippen molar-refractivity contribution >= 4 is 35.0 Å². The number of carbonyl (C=O) groups excluding carboxylic acids is 1. The van der Waals surface area contributed by atoms with Gasteiger partial charge in [0.05, 0.1) is 16.8 Å². The van der Waals surface area contributed by atoms with Crippen LogP contribution >= 0.6 is 0 Å². The van der Waals surface area contributed by atoms with Gasteiger partial charge in [0, 0.05) is 46.9 Å². The maximum Gasteiger partial charge on any atom is 0.494 e. The summed E-state index contributed by atoms with van der Waals surface area (Å²) in [6.07, 6.45) is 4.47. The second-order valence-corrected chi connectivity index (χ2v) is 15.5. The Bertz CT molecular complexity index is 2150. The molecule has 1 atom stereocenters. The maximum absolute atomic E-state index is 13.5. The Balaban J connectivity index is 1.11. The molecule has 0 N–H and O–H groups in total. The number of hydrogen-bond acceptors (Lipinski definition) is 7. The Morgan fingerprint density at radius 3 is 2.15 bits per heavy atom. The van der Waals surface area contributed by atoms with Gasteiger partial charge in [0.15, 0.2) is 5.60 Å². The topological polar surface area (TPSA) is 66.5 Å². The van der Waals surface area contributed by atoms with E-state index in [0.29, 0.717) is 23.7 Å². The molecule has 53 heavy (non-hydrogen) atoms. The number of nitrogens with zero attached hydrogens (tertiary/aromatic N) is 1. The number of rotatable bonds is 11. The number of hydrogen-bond donors (Lipinski definition) is 0. The van der Waals surface area contributed by atoms with Gasteiger partial charge in [-0.3, -0.25) is 0 Å². The van der Waals surface area contributed by atoms with Gasteiger partial charge >= 0.3 is 13.1 Å². The highest BCUT2D eigenvalue weighted by atomic mass is 16.7. The Morgan fingerprint density at radius 1 is 0.736 bits per heavy atom. The van der Waals surface area contributed by atoms with E-state index in [-0.39, 0.29) is 17.2 Å². The molecule has 3 aliphatic rings. The third kappa shape index (κ3) is 6.06. The number of carbonyl (C=O) groups is 1. The van der Waals surface area contributed by atoms with Gasteiger partial charge in [0.2, 0.25) is 0 Å². The van der Waals surface area contributed by atoms with E-state index in [4.69, 9.17) is 23.5 Å². The first kappa shape index (κ1) is 35.3. The quantitative estimate of drug-likeness (QED) is 0.1000. The van der Waals surface area contributed by atoms with Crippen molar-refractivity contribution < 1.29 is 28.3 Å². The standard InChI is InChI=1S/C45H48BNO6/c1-7-9-25-47(26-10-8-2)33-20-24-38-40(28-33)50-41-35-22-21-34(49-29-30-15-18-32(19-16-30)46-52-43(3,4)44(5,6)53-46)27-31(35)17-23-39(41)45(38)37-14-12-11-13-36(37)42(48)51-45/h11-24,27-28H,7-10,25-26,29H2,1-6H3. The first-order chi connectivity index (χ1) is 25.5. The fourth-order valence-electron chi connectivity index (χ4n) is 7.70. The fraction of sp³-hybridized carbons (Fsp3) is 0.356. The molecular formula is C45H48BNO6. The average Bonchev–Trinajstić information content (AvgIpc) is 3.57. The van der Waals surface area contributed by atoms with E-state index in [9.17, 15) is 4.79 Å². The highest BCUT2D eigenvalue weighted by Crippen LogP contribution is 2.58. The van der Waals surface area contributed by atoms with E-state index in [1.54, 1.807) is 0 Å². The summed E-state index contributed by atoms with van der Waals surface area (Å²) in [6.45, 7) is 15.1. The maximum atomic E-state index is 13.5. The zero-order valence-corrected chi connectivity index (χ0v) is 31.7. The molecule has 8 heteroatoms. The first-order valence-corrected chi connectivity index (χ1v) is 19.1. The van der Waals surface area contributed by atoms with Gasteiger partial charge in [0.1, 0.15) is 23.9 Å². The molecule has 272 valence electrons. The molecule has 0 aromatic heterocycles. The number of unbranched alkanes of at least 4 members (excludes halogenated alkanes) is 2. The summed E-state index contributed by atoms with van der Waals surface area (Å²) in [6, 6.07) is 32.5. The van der Waals surface area contributed by atoms with Crippen molar-refractivity contribution in [3.63, 3.8) is 0 Å². The molecule has 3 heterocycles. The Labute approximate surface area is 313 Å². The highest BCUT2D eigenvalue weighted by Gasteiger charge is 2.54. The lowest BCUT2D eigenvalue weighted by molar-refractivity contribution is 0.00578. The summed E-state index contributed by atoms with van der Waals surface area (Å²) < 4.78 is 32.2. The smallest absolute Gasteiger partial charge is 0.489 e. The molecule has 0 amide bonds.